The summed E-state index contributed by atoms with van der Waals surface area (Å²) in [4.78, 5) is 11.8. The van der Waals surface area contributed by atoms with Crippen molar-refractivity contribution in [2.45, 2.75) is 77.6 Å². The number of halogens is 1. The third kappa shape index (κ3) is 7.00. The number of alkyl halides is 1. The number of carbonyl (C=O) groups is 1. The van der Waals surface area contributed by atoms with Crippen molar-refractivity contribution < 1.29 is 14.3 Å². The summed E-state index contributed by atoms with van der Waals surface area (Å²) in [6, 6.07) is 0. The molecule has 1 N–H and O–H groups in total. The standard InChI is InChI=1S/C16H30BrNO3/c1-12-8-6-7-9-13(12)20-16(5,10-17)11-18-14(19)21-15(2,3)4/h12-13H,6-11H2,1-5H3,(H,18,19). The van der Waals surface area contributed by atoms with Gasteiger partial charge in [0.25, 0.3) is 0 Å². The molecule has 1 fully saturated rings. The van der Waals surface area contributed by atoms with Crippen LogP contribution >= 0.6 is 15.9 Å². The molecule has 21 heavy (non-hydrogen) atoms. The van der Waals surface area contributed by atoms with E-state index >= 15 is 0 Å². The van der Waals surface area contributed by atoms with Gasteiger partial charge in [-0.25, -0.2) is 4.79 Å². The van der Waals surface area contributed by atoms with Gasteiger partial charge in [-0.1, -0.05) is 35.7 Å². The van der Waals surface area contributed by atoms with Crippen LogP contribution in [0.15, 0.2) is 0 Å². The molecule has 0 heterocycles. The summed E-state index contributed by atoms with van der Waals surface area (Å²) in [6.07, 6.45) is 4.74. The molecule has 0 aromatic carbocycles. The van der Waals surface area contributed by atoms with Gasteiger partial charge in [0.15, 0.2) is 0 Å². The molecule has 1 rings (SSSR count). The minimum atomic E-state index is -0.479. The molecule has 1 aliphatic carbocycles. The molecule has 3 unspecified atom stereocenters. The van der Waals surface area contributed by atoms with Crippen molar-refractivity contribution in [1.82, 2.24) is 5.32 Å². The maximum atomic E-state index is 11.8. The Morgan fingerprint density at radius 1 is 1.24 bits per heavy atom. The molecule has 0 radical (unpaired) electrons. The lowest BCUT2D eigenvalue weighted by atomic mass is 9.87. The lowest BCUT2D eigenvalue weighted by Gasteiger charge is -2.37. The Hall–Kier alpha value is -0.290. The zero-order valence-electron chi connectivity index (χ0n) is 14.0. The van der Waals surface area contributed by atoms with E-state index < -0.39 is 17.3 Å². The topological polar surface area (TPSA) is 47.6 Å². The summed E-state index contributed by atoms with van der Waals surface area (Å²) in [5.41, 5.74) is -0.888. The maximum Gasteiger partial charge on any atom is 0.407 e. The highest BCUT2D eigenvalue weighted by Gasteiger charge is 2.32. The molecule has 124 valence electrons. The van der Waals surface area contributed by atoms with Gasteiger partial charge in [0.1, 0.15) is 5.60 Å². The fraction of sp³-hybridized carbons (Fsp3) is 0.938. The van der Waals surface area contributed by atoms with Crippen molar-refractivity contribution in [3.63, 3.8) is 0 Å². The van der Waals surface area contributed by atoms with Crippen LogP contribution in [-0.4, -0.2) is 35.3 Å². The number of alkyl carbamates (subject to hydrolysis) is 1. The molecule has 4 nitrogen and oxygen atoms in total. The minimum absolute atomic E-state index is 0.279. The van der Waals surface area contributed by atoms with E-state index in [2.05, 4.69) is 28.2 Å². The van der Waals surface area contributed by atoms with Gasteiger partial charge in [-0.15, -0.1) is 0 Å². The van der Waals surface area contributed by atoms with Crippen LogP contribution in [0.4, 0.5) is 4.79 Å². The van der Waals surface area contributed by atoms with Crippen LogP contribution < -0.4 is 5.32 Å². The van der Waals surface area contributed by atoms with Crippen LogP contribution in [0.25, 0.3) is 0 Å². The van der Waals surface area contributed by atoms with Crippen LogP contribution in [0, 0.1) is 5.92 Å². The average Bonchev–Trinajstić information content (AvgIpc) is 2.37. The van der Waals surface area contributed by atoms with Crippen LogP contribution in [0.2, 0.25) is 0 Å². The Bertz CT molecular complexity index is 343. The Morgan fingerprint density at radius 3 is 2.38 bits per heavy atom. The van der Waals surface area contributed by atoms with E-state index in [1.165, 1.54) is 19.3 Å². The average molecular weight is 364 g/mol. The number of nitrogens with one attached hydrogen (secondary N) is 1. The Labute approximate surface area is 137 Å². The summed E-state index contributed by atoms with van der Waals surface area (Å²) in [5.74, 6) is 0.582. The lowest BCUT2D eigenvalue weighted by molar-refractivity contribution is -0.0995. The first-order valence-electron chi connectivity index (χ1n) is 7.86. The third-order valence-electron chi connectivity index (χ3n) is 3.76. The van der Waals surface area contributed by atoms with Gasteiger partial charge >= 0.3 is 6.09 Å². The number of hydrogen-bond donors (Lipinski definition) is 1. The zero-order chi connectivity index (χ0) is 16.1. The molecule has 0 bridgehead atoms. The largest absolute Gasteiger partial charge is 0.444 e. The summed E-state index contributed by atoms with van der Waals surface area (Å²) < 4.78 is 11.6. The SMILES string of the molecule is CC1CCCCC1OC(C)(CBr)CNC(=O)OC(C)(C)C. The van der Waals surface area contributed by atoms with Gasteiger partial charge in [-0.05, 0) is 46.5 Å². The van der Waals surface area contributed by atoms with E-state index in [9.17, 15) is 4.79 Å². The number of carbonyl (C=O) groups excluding carboxylic acids is 1. The summed E-state index contributed by atoms with van der Waals surface area (Å²) >= 11 is 3.51. The van der Waals surface area contributed by atoms with E-state index in [0.29, 0.717) is 17.8 Å². The summed E-state index contributed by atoms with van der Waals surface area (Å²) in [6.45, 7) is 10.3. The van der Waals surface area contributed by atoms with E-state index in [-0.39, 0.29) is 6.10 Å². The molecule has 1 saturated carbocycles. The van der Waals surface area contributed by atoms with Gasteiger partial charge in [-0.3, -0.25) is 0 Å². The van der Waals surface area contributed by atoms with Crippen molar-refractivity contribution in [2.24, 2.45) is 5.92 Å². The second kappa shape index (κ2) is 7.82. The molecule has 1 amide bonds. The molecule has 3 atom stereocenters. The van der Waals surface area contributed by atoms with Crippen LogP contribution in [-0.2, 0) is 9.47 Å². The zero-order valence-corrected chi connectivity index (χ0v) is 15.6. The number of rotatable bonds is 5. The number of amides is 1. The summed E-state index contributed by atoms with van der Waals surface area (Å²) in [5, 5.41) is 3.50. The fourth-order valence-electron chi connectivity index (χ4n) is 2.52. The molecular weight excluding hydrogens is 334 g/mol. The van der Waals surface area contributed by atoms with Gasteiger partial charge in [-0.2, -0.15) is 0 Å². The molecule has 5 heteroatoms. The molecule has 0 aromatic rings. The quantitative estimate of drug-likeness (QED) is 0.742. The van der Waals surface area contributed by atoms with E-state index in [4.69, 9.17) is 9.47 Å². The number of hydrogen-bond acceptors (Lipinski definition) is 3. The highest BCUT2D eigenvalue weighted by molar-refractivity contribution is 9.09. The number of ether oxygens (including phenoxy) is 2. The predicted octanol–water partition coefficient (Wildman–Crippen LogP) is 4.26. The second-order valence-electron chi connectivity index (χ2n) is 7.36. The van der Waals surface area contributed by atoms with Gasteiger partial charge < -0.3 is 14.8 Å². The van der Waals surface area contributed by atoms with Crippen molar-refractivity contribution >= 4 is 22.0 Å². The minimum Gasteiger partial charge on any atom is -0.444 e. The summed E-state index contributed by atoms with van der Waals surface area (Å²) in [7, 11) is 0. The maximum absolute atomic E-state index is 11.8. The Balaban J connectivity index is 2.49. The fourth-order valence-corrected chi connectivity index (χ4v) is 2.85. The normalized spacial score (nSPS) is 26.0. The smallest absolute Gasteiger partial charge is 0.407 e. The first kappa shape index (κ1) is 18.8. The predicted molar refractivity (Wildman–Crippen MR) is 88.9 cm³/mol. The van der Waals surface area contributed by atoms with Crippen LogP contribution in [0.5, 0.6) is 0 Å². The molecule has 0 aliphatic heterocycles. The highest BCUT2D eigenvalue weighted by atomic mass is 79.9. The monoisotopic (exact) mass is 363 g/mol. The highest BCUT2D eigenvalue weighted by Crippen LogP contribution is 2.30. The lowest BCUT2D eigenvalue weighted by Crippen LogP contribution is -2.48. The Morgan fingerprint density at radius 2 is 1.86 bits per heavy atom. The van der Waals surface area contributed by atoms with Gasteiger partial charge in [0, 0.05) is 5.33 Å². The van der Waals surface area contributed by atoms with Crippen molar-refractivity contribution in [3.8, 4) is 0 Å². The van der Waals surface area contributed by atoms with Gasteiger partial charge in [0.2, 0.25) is 0 Å². The van der Waals surface area contributed by atoms with E-state index in [1.54, 1.807) is 0 Å². The van der Waals surface area contributed by atoms with Gasteiger partial charge in [0.05, 0.1) is 18.2 Å². The molecular formula is C16H30BrNO3. The van der Waals surface area contributed by atoms with Crippen molar-refractivity contribution in [1.29, 1.82) is 0 Å². The first-order chi connectivity index (χ1) is 9.65. The molecule has 0 spiro atoms. The van der Waals surface area contributed by atoms with Crippen molar-refractivity contribution in [2.75, 3.05) is 11.9 Å². The molecule has 1 aliphatic rings. The second-order valence-corrected chi connectivity index (χ2v) is 7.92. The van der Waals surface area contributed by atoms with Crippen LogP contribution in [0.1, 0.15) is 60.3 Å². The molecule has 0 aromatic heterocycles. The van der Waals surface area contributed by atoms with Crippen LogP contribution in [0.3, 0.4) is 0 Å². The third-order valence-corrected chi connectivity index (χ3v) is 4.94. The molecule has 0 saturated heterocycles. The van der Waals surface area contributed by atoms with E-state index in [1.807, 2.05) is 27.7 Å². The first-order valence-corrected chi connectivity index (χ1v) is 8.98. The van der Waals surface area contributed by atoms with Crippen molar-refractivity contribution in [3.05, 3.63) is 0 Å². The Kier molecular flexibility index (Phi) is 6.98. The van der Waals surface area contributed by atoms with E-state index in [0.717, 1.165) is 6.42 Å².